The largest absolute Gasteiger partial charge is 0.441 e. The fourth-order valence-corrected chi connectivity index (χ4v) is 1.65. The second kappa shape index (κ2) is 4.47. The Balaban J connectivity index is 2.34. The smallest absolute Gasteiger partial charge is 0.222 e. The SMILES string of the molecule is CCc1nc(C2=CC=C(F)C=CC2)oc1C. The lowest BCUT2D eigenvalue weighted by Crippen LogP contribution is -1.85. The Hall–Kier alpha value is -1.64. The second-order valence-electron chi connectivity index (χ2n) is 3.73. The first-order valence-electron chi connectivity index (χ1n) is 5.40. The molecule has 1 aromatic heterocycles. The van der Waals surface area contributed by atoms with Gasteiger partial charge in [0.1, 0.15) is 11.6 Å². The van der Waals surface area contributed by atoms with Crippen molar-refractivity contribution in [2.45, 2.75) is 26.7 Å². The summed E-state index contributed by atoms with van der Waals surface area (Å²) >= 11 is 0. The number of nitrogens with zero attached hydrogens (tertiary/aromatic N) is 1. The molecule has 0 aromatic carbocycles. The van der Waals surface area contributed by atoms with Gasteiger partial charge in [0, 0.05) is 5.57 Å². The molecule has 0 atom stereocenters. The summed E-state index contributed by atoms with van der Waals surface area (Å²) in [5, 5.41) is 0. The summed E-state index contributed by atoms with van der Waals surface area (Å²) in [6.07, 6.45) is 7.88. The maximum atomic E-state index is 13.0. The highest BCUT2D eigenvalue weighted by molar-refractivity contribution is 5.63. The van der Waals surface area contributed by atoms with Crippen molar-refractivity contribution in [1.82, 2.24) is 4.98 Å². The van der Waals surface area contributed by atoms with Gasteiger partial charge in [-0.1, -0.05) is 19.1 Å². The van der Waals surface area contributed by atoms with E-state index in [2.05, 4.69) is 4.98 Å². The summed E-state index contributed by atoms with van der Waals surface area (Å²) in [6.45, 7) is 3.94. The summed E-state index contributed by atoms with van der Waals surface area (Å²) in [6, 6.07) is 0. The van der Waals surface area contributed by atoms with Crippen LogP contribution in [0.5, 0.6) is 0 Å². The zero-order valence-electron chi connectivity index (χ0n) is 9.46. The fourth-order valence-electron chi connectivity index (χ4n) is 1.65. The average Bonchev–Trinajstić information content (AvgIpc) is 2.50. The van der Waals surface area contributed by atoms with E-state index in [-0.39, 0.29) is 5.83 Å². The van der Waals surface area contributed by atoms with Gasteiger partial charge in [-0.15, -0.1) is 0 Å². The van der Waals surface area contributed by atoms with Crippen LogP contribution in [0.3, 0.4) is 0 Å². The first-order chi connectivity index (χ1) is 7.70. The third-order valence-electron chi connectivity index (χ3n) is 2.56. The van der Waals surface area contributed by atoms with Crippen molar-refractivity contribution in [2.24, 2.45) is 0 Å². The molecular weight excluding hydrogens is 205 g/mol. The van der Waals surface area contributed by atoms with Crippen LogP contribution in [0.2, 0.25) is 0 Å². The number of aromatic nitrogens is 1. The molecule has 1 aliphatic rings. The Labute approximate surface area is 94.2 Å². The van der Waals surface area contributed by atoms with Crippen LogP contribution in [-0.2, 0) is 6.42 Å². The number of allylic oxidation sites excluding steroid dienone is 6. The topological polar surface area (TPSA) is 26.0 Å². The van der Waals surface area contributed by atoms with E-state index in [0.29, 0.717) is 12.3 Å². The fraction of sp³-hybridized carbons (Fsp3) is 0.308. The number of hydrogen-bond donors (Lipinski definition) is 0. The third-order valence-corrected chi connectivity index (χ3v) is 2.56. The second-order valence-corrected chi connectivity index (χ2v) is 3.73. The average molecular weight is 219 g/mol. The van der Waals surface area contributed by atoms with E-state index in [1.807, 2.05) is 13.8 Å². The van der Waals surface area contributed by atoms with E-state index in [4.69, 9.17) is 4.42 Å². The summed E-state index contributed by atoms with van der Waals surface area (Å²) in [7, 11) is 0. The van der Waals surface area contributed by atoms with Crippen LogP contribution in [0.25, 0.3) is 5.57 Å². The van der Waals surface area contributed by atoms with Crippen LogP contribution in [-0.4, -0.2) is 4.98 Å². The lowest BCUT2D eigenvalue weighted by atomic mass is 10.2. The minimum absolute atomic E-state index is 0.242. The van der Waals surface area contributed by atoms with Crippen molar-refractivity contribution in [1.29, 1.82) is 0 Å². The zero-order chi connectivity index (χ0) is 11.5. The Morgan fingerprint density at radius 1 is 1.44 bits per heavy atom. The first kappa shape index (κ1) is 10.9. The molecule has 3 heteroatoms. The van der Waals surface area contributed by atoms with Gasteiger partial charge in [0.2, 0.25) is 5.89 Å². The minimum atomic E-state index is -0.242. The maximum absolute atomic E-state index is 13.0. The van der Waals surface area contributed by atoms with E-state index in [0.717, 1.165) is 23.4 Å². The van der Waals surface area contributed by atoms with Gasteiger partial charge in [-0.05, 0) is 31.9 Å². The van der Waals surface area contributed by atoms with Gasteiger partial charge in [0.05, 0.1) is 5.69 Å². The summed E-state index contributed by atoms with van der Waals surface area (Å²) in [4.78, 5) is 4.40. The van der Waals surface area contributed by atoms with E-state index < -0.39 is 0 Å². The van der Waals surface area contributed by atoms with Crippen molar-refractivity contribution in [2.75, 3.05) is 0 Å². The molecule has 0 bridgehead atoms. The Kier molecular flexibility index (Phi) is 3.04. The van der Waals surface area contributed by atoms with Crippen molar-refractivity contribution in [3.8, 4) is 0 Å². The van der Waals surface area contributed by atoms with E-state index in [1.165, 1.54) is 12.2 Å². The summed E-state index contributed by atoms with van der Waals surface area (Å²) < 4.78 is 18.5. The highest BCUT2D eigenvalue weighted by atomic mass is 19.1. The molecule has 84 valence electrons. The minimum Gasteiger partial charge on any atom is -0.441 e. The molecule has 1 aliphatic carbocycles. The number of hydrogen-bond acceptors (Lipinski definition) is 2. The number of oxazole rings is 1. The highest BCUT2D eigenvalue weighted by Gasteiger charge is 2.12. The van der Waals surface area contributed by atoms with E-state index >= 15 is 0 Å². The molecule has 1 heterocycles. The molecule has 16 heavy (non-hydrogen) atoms. The first-order valence-corrected chi connectivity index (χ1v) is 5.40. The molecule has 0 unspecified atom stereocenters. The molecule has 1 aromatic rings. The molecular formula is C13H14FNO. The van der Waals surface area contributed by atoms with Crippen molar-refractivity contribution >= 4 is 5.57 Å². The van der Waals surface area contributed by atoms with Gasteiger partial charge in [0.25, 0.3) is 0 Å². The van der Waals surface area contributed by atoms with Gasteiger partial charge >= 0.3 is 0 Å². The number of rotatable bonds is 2. The Morgan fingerprint density at radius 3 is 2.94 bits per heavy atom. The predicted molar refractivity (Wildman–Crippen MR) is 61.5 cm³/mol. The van der Waals surface area contributed by atoms with E-state index in [9.17, 15) is 4.39 Å². The highest BCUT2D eigenvalue weighted by Crippen LogP contribution is 2.24. The van der Waals surface area contributed by atoms with Crippen molar-refractivity contribution in [3.05, 3.63) is 47.5 Å². The monoisotopic (exact) mass is 219 g/mol. The quantitative estimate of drug-likeness (QED) is 0.757. The third kappa shape index (κ3) is 2.13. The molecule has 0 aliphatic heterocycles. The number of aryl methyl sites for hydroxylation is 2. The molecule has 0 saturated carbocycles. The van der Waals surface area contributed by atoms with Crippen molar-refractivity contribution < 1.29 is 8.81 Å². The Morgan fingerprint density at radius 2 is 2.25 bits per heavy atom. The van der Waals surface area contributed by atoms with Crippen LogP contribution < -0.4 is 0 Å². The molecule has 0 amide bonds. The van der Waals surface area contributed by atoms with Crippen LogP contribution in [0.1, 0.15) is 30.7 Å². The van der Waals surface area contributed by atoms with Crippen molar-refractivity contribution in [3.63, 3.8) is 0 Å². The van der Waals surface area contributed by atoms with Gasteiger partial charge in [-0.25, -0.2) is 9.37 Å². The molecule has 2 nitrogen and oxygen atoms in total. The molecule has 0 spiro atoms. The van der Waals surface area contributed by atoms with Crippen LogP contribution in [0, 0.1) is 6.92 Å². The molecule has 0 radical (unpaired) electrons. The van der Waals surface area contributed by atoms with E-state index in [1.54, 1.807) is 12.2 Å². The normalized spacial score (nSPS) is 15.7. The van der Waals surface area contributed by atoms with Crippen LogP contribution in [0.15, 0.2) is 34.5 Å². The van der Waals surface area contributed by atoms with Gasteiger partial charge < -0.3 is 4.42 Å². The molecule has 2 rings (SSSR count). The Bertz CT molecular complexity index is 480. The summed E-state index contributed by atoms with van der Waals surface area (Å²) in [5.41, 5.74) is 1.88. The number of halogens is 1. The molecule has 0 N–H and O–H groups in total. The van der Waals surface area contributed by atoms with Gasteiger partial charge in [0.15, 0.2) is 0 Å². The lowest BCUT2D eigenvalue weighted by Gasteiger charge is -1.95. The zero-order valence-corrected chi connectivity index (χ0v) is 9.46. The van der Waals surface area contributed by atoms with Crippen LogP contribution >= 0.6 is 0 Å². The molecule has 0 saturated heterocycles. The maximum Gasteiger partial charge on any atom is 0.222 e. The lowest BCUT2D eigenvalue weighted by molar-refractivity contribution is 0.510. The summed E-state index contributed by atoms with van der Waals surface area (Å²) in [5.74, 6) is 1.20. The van der Waals surface area contributed by atoms with Gasteiger partial charge in [-0.2, -0.15) is 0 Å². The standard InChI is InChI=1S/C13H14FNO/c1-3-12-9(2)16-13(15-12)10-5-4-6-11(14)8-7-10/h4,6-8H,3,5H2,1-2H3. The van der Waals surface area contributed by atoms with Crippen LogP contribution in [0.4, 0.5) is 4.39 Å². The van der Waals surface area contributed by atoms with Gasteiger partial charge in [-0.3, -0.25) is 0 Å². The predicted octanol–water partition coefficient (Wildman–Crippen LogP) is 3.74. The molecule has 0 fully saturated rings.